The molecule has 1 heterocycles. The third-order valence-electron chi connectivity index (χ3n) is 4.15. The van der Waals surface area contributed by atoms with Gasteiger partial charge in [0.05, 0.1) is 17.3 Å². The van der Waals surface area contributed by atoms with Crippen molar-refractivity contribution in [3.63, 3.8) is 0 Å². The molecule has 3 unspecified atom stereocenters. The zero-order chi connectivity index (χ0) is 13.9. The first-order valence-corrected chi connectivity index (χ1v) is 7.21. The first kappa shape index (κ1) is 14.5. The van der Waals surface area contributed by atoms with E-state index in [1.807, 2.05) is 30.9 Å². The number of aryl methyl sites for hydroxylation is 1. The van der Waals surface area contributed by atoms with E-state index in [4.69, 9.17) is 10.6 Å². The van der Waals surface area contributed by atoms with E-state index >= 15 is 0 Å². The molecule has 108 valence electrons. The molecule has 1 aromatic rings. The Morgan fingerprint density at radius 3 is 3.00 bits per heavy atom. The molecule has 0 radical (unpaired) electrons. The summed E-state index contributed by atoms with van der Waals surface area (Å²) in [5.74, 6) is 6.49. The van der Waals surface area contributed by atoms with E-state index in [-0.39, 0.29) is 11.6 Å². The van der Waals surface area contributed by atoms with Gasteiger partial charge in [-0.2, -0.15) is 5.10 Å². The van der Waals surface area contributed by atoms with Crippen LogP contribution in [0, 0.1) is 5.92 Å². The van der Waals surface area contributed by atoms with E-state index < -0.39 is 0 Å². The van der Waals surface area contributed by atoms with Crippen LogP contribution in [0.1, 0.15) is 51.3 Å². The Labute approximate surface area is 115 Å². The Morgan fingerprint density at radius 2 is 2.47 bits per heavy atom. The van der Waals surface area contributed by atoms with Gasteiger partial charge in [-0.05, 0) is 31.7 Å². The molecule has 0 aromatic carbocycles. The van der Waals surface area contributed by atoms with Crippen LogP contribution < -0.4 is 11.3 Å². The molecule has 1 aliphatic carbocycles. The Morgan fingerprint density at radius 1 is 1.68 bits per heavy atom. The van der Waals surface area contributed by atoms with Crippen molar-refractivity contribution >= 4 is 0 Å². The molecule has 1 aromatic heterocycles. The number of aromatic nitrogens is 2. The summed E-state index contributed by atoms with van der Waals surface area (Å²) in [7, 11) is 1.92. The predicted molar refractivity (Wildman–Crippen MR) is 75.3 cm³/mol. The monoisotopic (exact) mass is 266 g/mol. The summed E-state index contributed by atoms with van der Waals surface area (Å²) in [6.07, 6.45) is 6.48. The smallest absolute Gasteiger partial charge is 0.0940 e. The molecule has 0 bridgehead atoms. The second-order valence-corrected chi connectivity index (χ2v) is 5.71. The van der Waals surface area contributed by atoms with Gasteiger partial charge in [0, 0.05) is 19.9 Å². The summed E-state index contributed by atoms with van der Waals surface area (Å²) < 4.78 is 7.98. The van der Waals surface area contributed by atoms with Crippen LogP contribution in [0.25, 0.3) is 0 Å². The highest BCUT2D eigenvalue weighted by atomic mass is 16.5. The van der Waals surface area contributed by atoms with Crippen molar-refractivity contribution in [1.82, 2.24) is 15.2 Å². The fraction of sp³-hybridized carbons (Fsp3) is 0.786. The highest BCUT2D eigenvalue weighted by Gasteiger charge is 2.44. The molecular formula is C14H26N4O. The normalized spacial score (nSPS) is 29.4. The maximum absolute atomic E-state index is 6.17. The molecular weight excluding hydrogens is 240 g/mol. The Kier molecular flexibility index (Phi) is 4.60. The van der Waals surface area contributed by atoms with E-state index in [0.29, 0.717) is 12.5 Å². The summed E-state index contributed by atoms with van der Waals surface area (Å²) in [6.45, 7) is 5.05. The topological polar surface area (TPSA) is 65.1 Å². The van der Waals surface area contributed by atoms with Crippen LogP contribution in [0.5, 0.6) is 0 Å². The summed E-state index contributed by atoms with van der Waals surface area (Å²) in [4.78, 5) is 0. The average Bonchev–Trinajstić information content (AvgIpc) is 2.77. The highest BCUT2D eigenvalue weighted by molar-refractivity contribution is 5.13. The number of hydrogen-bond acceptors (Lipinski definition) is 4. The van der Waals surface area contributed by atoms with Crippen molar-refractivity contribution in [3.8, 4) is 0 Å². The van der Waals surface area contributed by atoms with Crippen LogP contribution in [0.2, 0.25) is 0 Å². The molecule has 0 aliphatic heterocycles. The second kappa shape index (κ2) is 6.03. The lowest BCUT2D eigenvalue weighted by Crippen LogP contribution is -2.51. The Hall–Kier alpha value is -0.910. The largest absolute Gasteiger partial charge is 0.373 e. The van der Waals surface area contributed by atoms with Crippen molar-refractivity contribution < 1.29 is 4.74 Å². The zero-order valence-corrected chi connectivity index (χ0v) is 12.2. The molecule has 1 saturated carbocycles. The average molecular weight is 266 g/mol. The minimum Gasteiger partial charge on any atom is -0.373 e. The molecule has 0 saturated heterocycles. The van der Waals surface area contributed by atoms with Gasteiger partial charge in [0.2, 0.25) is 0 Å². The minimum atomic E-state index is -0.227. The molecule has 5 heteroatoms. The first-order chi connectivity index (χ1) is 9.11. The molecule has 5 nitrogen and oxygen atoms in total. The van der Waals surface area contributed by atoms with Gasteiger partial charge in [-0.15, -0.1) is 0 Å². The second-order valence-electron chi connectivity index (χ2n) is 5.71. The summed E-state index contributed by atoms with van der Waals surface area (Å²) >= 11 is 0. The third-order valence-corrected chi connectivity index (χ3v) is 4.15. The number of ether oxygens (including phenoxy) is 1. The fourth-order valence-corrected chi connectivity index (χ4v) is 3.40. The van der Waals surface area contributed by atoms with Crippen molar-refractivity contribution in [1.29, 1.82) is 0 Å². The fourth-order valence-electron chi connectivity index (χ4n) is 3.40. The number of hydrazine groups is 1. The summed E-state index contributed by atoms with van der Waals surface area (Å²) in [5.41, 5.74) is 3.69. The lowest BCUT2D eigenvalue weighted by molar-refractivity contribution is -0.103. The first-order valence-electron chi connectivity index (χ1n) is 7.21. The molecule has 2 rings (SSSR count). The third kappa shape index (κ3) is 2.99. The van der Waals surface area contributed by atoms with E-state index in [2.05, 4.69) is 17.4 Å². The molecule has 19 heavy (non-hydrogen) atoms. The SMILES string of the molecule is CCOC1(C(NN)c2ccn(C)n2)CCCC(C)C1. The van der Waals surface area contributed by atoms with Gasteiger partial charge in [-0.3, -0.25) is 10.5 Å². The maximum Gasteiger partial charge on any atom is 0.0940 e. The van der Waals surface area contributed by atoms with E-state index in [1.54, 1.807) is 0 Å². The molecule has 0 spiro atoms. The van der Waals surface area contributed by atoms with Gasteiger partial charge in [0.25, 0.3) is 0 Å². The van der Waals surface area contributed by atoms with Crippen LogP contribution in [0.3, 0.4) is 0 Å². The van der Waals surface area contributed by atoms with Gasteiger partial charge in [-0.1, -0.05) is 19.8 Å². The van der Waals surface area contributed by atoms with Crippen LogP contribution in [-0.4, -0.2) is 22.0 Å². The van der Waals surface area contributed by atoms with Gasteiger partial charge in [-0.25, -0.2) is 5.43 Å². The van der Waals surface area contributed by atoms with Crippen LogP contribution in [-0.2, 0) is 11.8 Å². The van der Waals surface area contributed by atoms with Crippen molar-refractivity contribution in [3.05, 3.63) is 18.0 Å². The molecule has 0 amide bonds. The number of nitrogens with zero attached hydrogens (tertiary/aromatic N) is 2. The number of rotatable bonds is 5. The van der Waals surface area contributed by atoms with Crippen LogP contribution >= 0.6 is 0 Å². The van der Waals surface area contributed by atoms with Gasteiger partial charge in [0.15, 0.2) is 0 Å². The predicted octanol–water partition coefficient (Wildman–Crippen LogP) is 1.91. The molecule has 1 fully saturated rings. The lowest BCUT2D eigenvalue weighted by atomic mass is 9.74. The van der Waals surface area contributed by atoms with Crippen molar-refractivity contribution in [2.24, 2.45) is 18.8 Å². The van der Waals surface area contributed by atoms with Crippen LogP contribution in [0.15, 0.2) is 12.3 Å². The molecule has 1 aliphatic rings. The van der Waals surface area contributed by atoms with Gasteiger partial charge in [0.1, 0.15) is 0 Å². The van der Waals surface area contributed by atoms with Crippen molar-refractivity contribution in [2.45, 2.75) is 51.2 Å². The number of hydrogen-bond donors (Lipinski definition) is 2. The Balaban J connectivity index is 2.29. The molecule has 3 N–H and O–H groups in total. The van der Waals surface area contributed by atoms with Gasteiger partial charge < -0.3 is 4.74 Å². The van der Waals surface area contributed by atoms with E-state index in [1.165, 1.54) is 12.8 Å². The van der Waals surface area contributed by atoms with Crippen LogP contribution in [0.4, 0.5) is 0 Å². The Bertz CT molecular complexity index is 402. The maximum atomic E-state index is 6.17. The summed E-state index contributed by atoms with van der Waals surface area (Å²) in [6, 6.07) is 1.97. The summed E-state index contributed by atoms with van der Waals surface area (Å²) in [5, 5.41) is 4.50. The quantitative estimate of drug-likeness (QED) is 0.631. The molecule has 3 atom stereocenters. The standard InChI is InChI=1S/C14H26N4O/c1-4-19-14(8-5-6-11(2)10-14)13(16-15)12-7-9-18(3)17-12/h7,9,11,13,16H,4-6,8,10,15H2,1-3H3. The number of nitrogens with one attached hydrogen (secondary N) is 1. The van der Waals surface area contributed by atoms with Gasteiger partial charge >= 0.3 is 0 Å². The minimum absolute atomic E-state index is 0.0450. The zero-order valence-electron chi connectivity index (χ0n) is 12.2. The lowest BCUT2D eigenvalue weighted by Gasteiger charge is -2.44. The van der Waals surface area contributed by atoms with E-state index in [0.717, 1.165) is 18.5 Å². The van der Waals surface area contributed by atoms with Crippen molar-refractivity contribution in [2.75, 3.05) is 6.61 Å². The van der Waals surface area contributed by atoms with E-state index in [9.17, 15) is 0 Å². The number of nitrogens with two attached hydrogens (primary N) is 1. The highest BCUT2D eigenvalue weighted by Crippen LogP contribution is 2.42.